The molecule has 5 nitrogen and oxygen atoms in total. The molecule has 1 aliphatic heterocycles. The Labute approximate surface area is 148 Å². The minimum atomic E-state index is -0.124. The Hall–Kier alpha value is -2.66. The smallest absolute Gasteiger partial charge is 0.241 e. The summed E-state index contributed by atoms with van der Waals surface area (Å²) in [7, 11) is 1.79. The van der Waals surface area contributed by atoms with E-state index in [0.717, 1.165) is 23.4 Å². The van der Waals surface area contributed by atoms with Crippen LogP contribution in [0.5, 0.6) is 0 Å². The van der Waals surface area contributed by atoms with Gasteiger partial charge in [0.1, 0.15) is 0 Å². The topological polar surface area (TPSA) is 52.7 Å². The van der Waals surface area contributed by atoms with E-state index >= 15 is 0 Å². The van der Waals surface area contributed by atoms with E-state index in [4.69, 9.17) is 0 Å². The molecule has 1 N–H and O–H groups in total. The lowest BCUT2D eigenvalue weighted by atomic mass is 10.2. The van der Waals surface area contributed by atoms with E-state index < -0.39 is 0 Å². The summed E-state index contributed by atoms with van der Waals surface area (Å²) in [6.45, 7) is 3.10. The van der Waals surface area contributed by atoms with Gasteiger partial charge in [-0.05, 0) is 44.2 Å². The Balaban J connectivity index is 1.52. The lowest BCUT2D eigenvalue weighted by Gasteiger charge is -2.21. The SMILES string of the molecule is Cc1ccc(NC(=O)CN(C)CC(=O)N2CCc3ccccc32)cc1. The number of benzene rings is 2. The number of aryl methyl sites for hydroxylation is 1. The van der Waals surface area contributed by atoms with Crippen molar-refractivity contribution in [2.24, 2.45) is 0 Å². The first-order chi connectivity index (χ1) is 12.0. The van der Waals surface area contributed by atoms with Crippen LogP contribution in [0.25, 0.3) is 0 Å². The molecule has 2 aromatic rings. The standard InChI is InChI=1S/C20H23N3O2/c1-15-7-9-17(10-8-15)21-19(24)13-22(2)14-20(25)23-12-11-16-5-3-4-6-18(16)23/h3-10H,11-14H2,1-2H3,(H,21,24). The molecule has 3 rings (SSSR count). The van der Waals surface area contributed by atoms with E-state index in [1.165, 1.54) is 5.56 Å². The maximum Gasteiger partial charge on any atom is 0.241 e. The molecule has 0 fully saturated rings. The molecule has 2 aromatic carbocycles. The Kier molecular flexibility index (Phi) is 5.14. The number of nitrogens with one attached hydrogen (secondary N) is 1. The number of carbonyl (C=O) groups is 2. The zero-order chi connectivity index (χ0) is 17.8. The van der Waals surface area contributed by atoms with Gasteiger partial charge in [-0.1, -0.05) is 35.9 Å². The van der Waals surface area contributed by atoms with E-state index in [1.54, 1.807) is 11.9 Å². The third-order valence-corrected chi connectivity index (χ3v) is 4.34. The Morgan fingerprint density at radius 2 is 1.80 bits per heavy atom. The van der Waals surface area contributed by atoms with E-state index in [2.05, 4.69) is 11.4 Å². The van der Waals surface area contributed by atoms with Gasteiger partial charge in [-0.25, -0.2) is 0 Å². The molecule has 0 aromatic heterocycles. The largest absolute Gasteiger partial charge is 0.325 e. The highest BCUT2D eigenvalue weighted by Crippen LogP contribution is 2.27. The predicted octanol–water partition coefficient (Wildman–Crippen LogP) is 2.45. The molecule has 0 bridgehead atoms. The lowest BCUT2D eigenvalue weighted by molar-refractivity contribution is -0.120. The number of nitrogens with zero attached hydrogens (tertiary/aromatic N) is 2. The number of hydrogen-bond acceptors (Lipinski definition) is 3. The van der Waals surface area contributed by atoms with Gasteiger partial charge in [-0.2, -0.15) is 0 Å². The molecule has 1 heterocycles. The van der Waals surface area contributed by atoms with E-state index in [-0.39, 0.29) is 24.9 Å². The Morgan fingerprint density at radius 1 is 1.08 bits per heavy atom. The first-order valence-corrected chi connectivity index (χ1v) is 8.46. The van der Waals surface area contributed by atoms with Gasteiger partial charge in [0.2, 0.25) is 11.8 Å². The molecule has 0 atom stereocenters. The predicted molar refractivity (Wildman–Crippen MR) is 99.8 cm³/mol. The fourth-order valence-corrected chi connectivity index (χ4v) is 3.05. The number of amides is 2. The molecule has 130 valence electrons. The summed E-state index contributed by atoms with van der Waals surface area (Å²) in [6.07, 6.45) is 0.888. The number of rotatable bonds is 5. The number of carbonyl (C=O) groups excluding carboxylic acids is 2. The summed E-state index contributed by atoms with van der Waals surface area (Å²) < 4.78 is 0. The van der Waals surface area contributed by atoms with Crippen molar-refractivity contribution >= 4 is 23.2 Å². The summed E-state index contributed by atoms with van der Waals surface area (Å²) in [5.41, 5.74) is 4.11. The highest BCUT2D eigenvalue weighted by Gasteiger charge is 2.25. The monoisotopic (exact) mass is 337 g/mol. The van der Waals surface area contributed by atoms with Crippen LogP contribution in [0, 0.1) is 6.92 Å². The third kappa shape index (κ3) is 4.25. The summed E-state index contributed by atoms with van der Waals surface area (Å²) >= 11 is 0. The van der Waals surface area contributed by atoms with Crippen LogP contribution in [0.15, 0.2) is 48.5 Å². The van der Waals surface area contributed by atoms with Crippen LogP contribution in [0.4, 0.5) is 11.4 Å². The lowest BCUT2D eigenvalue weighted by Crippen LogP contribution is -2.40. The highest BCUT2D eigenvalue weighted by atomic mass is 16.2. The quantitative estimate of drug-likeness (QED) is 0.912. The minimum Gasteiger partial charge on any atom is -0.325 e. The zero-order valence-electron chi connectivity index (χ0n) is 14.7. The Bertz CT molecular complexity index is 771. The van der Waals surface area contributed by atoms with E-state index in [1.807, 2.05) is 54.3 Å². The first-order valence-electron chi connectivity index (χ1n) is 8.46. The summed E-state index contributed by atoms with van der Waals surface area (Å²) in [5, 5.41) is 2.85. The summed E-state index contributed by atoms with van der Waals surface area (Å²) in [5.74, 6) is -0.100. The van der Waals surface area contributed by atoms with Gasteiger partial charge in [-0.15, -0.1) is 0 Å². The van der Waals surface area contributed by atoms with Crippen LogP contribution in [0.2, 0.25) is 0 Å². The second-order valence-electron chi connectivity index (χ2n) is 6.51. The maximum absolute atomic E-state index is 12.5. The van der Waals surface area contributed by atoms with Crippen molar-refractivity contribution in [2.45, 2.75) is 13.3 Å². The molecule has 25 heavy (non-hydrogen) atoms. The Morgan fingerprint density at radius 3 is 2.56 bits per heavy atom. The number of fused-ring (bicyclic) bond motifs is 1. The molecule has 1 aliphatic rings. The molecule has 0 aliphatic carbocycles. The first kappa shape index (κ1) is 17.2. The number of hydrogen-bond donors (Lipinski definition) is 1. The maximum atomic E-state index is 12.5. The van der Waals surface area contributed by atoms with Gasteiger partial charge >= 0.3 is 0 Å². The average Bonchev–Trinajstić information content (AvgIpc) is 3.01. The van der Waals surface area contributed by atoms with Gasteiger partial charge in [0.05, 0.1) is 13.1 Å². The van der Waals surface area contributed by atoms with Crippen molar-refractivity contribution in [1.29, 1.82) is 0 Å². The molecule has 0 unspecified atom stereocenters. The van der Waals surface area contributed by atoms with Crippen LogP contribution >= 0.6 is 0 Å². The fraction of sp³-hybridized carbons (Fsp3) is 0.300. The van der Waals surface area contributed by atoms with Crippen molar-refractivity contribution in [3.05, 3.63) is 59.7 Å². The van der Waals surface area contributed by atoms with Crippen LogP contribution < -0.4 is 10.2 Å². The van der Waals surface area contributed by atoms with Crippen LogP contribution in [-0.4, -0.2) is 43.4 Å². The molecule has 5 heteroatoms. The van der Waals surface area contributed by atoms with Crippen LogP contribution in [0.1, 0.15) is 11.1 Å². The molecule has 0 saturated carbocycles. The normalized spacial score (nSPS) is 13.0. The van der Waals surface area contributed by atoms with Crippen molar-refractivity contribution in [3.63, 3.8) is 0 Å². The summed E-state index contributed by atoms with van der Waals surface area (Å²) in [6, 6.07) is 15.6. The molecule has 0 saturated heterocycles. The van der Waals surface area contributed by atoms with Gasteiger partial charge in [0.15, 0.2) is 0 Å². The van der Waals surface area contributed by atoms with E-state index in [0.29, 0.717) is 6.54 Å². The number of para-hydroxylation sites is 1. The zero-order valence-corrected chi connectivity index (χ0v) is 14.7. The summed E-state index contributed by atoms with van der Waals surface area (Å²) in [4.78, 5) is 28.2. The number of likely N-dealkylation sites (N-methyl/N-ethyl adjacent to an activating group) is 1. The third-order valence-electron chi connectivity index (χ3n) is 4.34. The second kappa shape index (κ2) is 7.49. The molecular weight excluding hydrogens is 314 g/mol. The van der Waals surface area contributed by atoms with E-state index in [9.17, 15) is 9.59 Å². The second-order valence-corrected chi connectivity index (χ2v) is 6.51. The molecule has 2 amide bonds. The van der Waals surface area contributed by atoms with Crippen LogP contribution in [0.3, 0.4) is 0 Å². The average molecular weight is 337 g/mol. The molecular formula is C20H23N3O2. The van der Waals surface area contributed by atoms with Gasteiger partial charge in [-0.3, -0.25) is 14.5 Å². The molecule has 0 radical (unpaired) electrons. The van der Waals surface area contributed by atoms with Crippen molar-refractivity contribution < 1.29 is 9.59 Å². The fourth-order valence-electron chi connectivity index (χ4n) is 3.05. The minimum absolute atomic E-state index is 0.0237. The van der Waals surface area contributed by atoms with Gasteiger partial charge in [0.25, 0.3) is 0 Å². The van der Waals surface area contributed by atoms with Gasteiger partial charge in [0, 0.05) is 17.9 Å². The number of anilines is 2. The highest BCUT2D eigenvalue weighted by molar-refractivity contribution is 5.97. The van der Waals surface area contributed by atoms with Crippen molar-refractivity contribution in [1.82, 2.24) is 4.90 Å². The molecule has 0 spiro atoms. The van der Waals surface area contributed by atoms with Crippen molar-refractivity contribution in [3.8, 4) is 0 Å². The van der Waals surface area contributed by atoms with Crippen molar-refractivity contribution in [2.75, 3.05) is 36.9 Å². The van der Waals surface area contributed by atoms with Crippen LogP contribution in [-0.2, 0) is 16.0 Å². The van der Waals surface area contributed by atoms with Gasteiger partial charge < -0.3 is 10.2 Å².